The lowest BCUT2D eigenvalue weighted by molar-refractivity contribution is -0.161. The number of rotatable bonds is 5. The van der Waals surface area contributed by atoms with E-state index < -0.39 is 6.09 Å². The van der Waals surface area contributed by atoms with E-state index in [1.54, 1.807) is 0 Å². The fourth-order valence-corrected chi connectivity index (χ4v) is 3.19. The minimum Gasteiger partial charge on any atom is -0.465 e. The Hall–Kier alpha value is -1.47. The predicted molar refractivity (Wildman–Crippen MR) is 93.2 cm³/mol. The van der Waals surface area contributed by atoms with Gasteiger partial charge in [0.2, 0.25) is 0 Å². The predicted octanol–water partition coefficient (Wildman–Crippen LogP) is 4.65. The lowest BCUT2D eigenvalue weighted by Crippen LogP contribution is -2.23. The van der Waals surface area contributed by atoms with E-state index in [4.69, 9.17) is 37.8 Å². The molecule has 3 rings (SSSR count). The van der Waals surface area contributed by atoms with Crippen LogP contribution in [-0.4, -0.2) is 35.7 Å². The van der Waals surface area contributed by atoms with Crippen molar-refractivity contribution in [2.75, 3.05) is 18.5 Å². The molecule has 1 aliphatic rings. The summed E-state index contributed by atoms with van der Waals surface area (Å²) < 4.78 is 11.2. The van der Waals surface area contributed by atoms with Crippen molar-refractivity contribution in [1.29, 1.82) is 0 Å². The van der Waals surface area contributed by atoms with E-state index in [1.165, 1.54) is 6.07 Å². The van der Waals surface area contributed by atoms with Crippen molar-refractivity contribution in [3.05, 3.63) is 27.9 Å². The molecule has 1 aliphatic heterocycles. The number of aromatic nitrogens is 1. The number of benzene rings is 1. The topological polar surface area (TPSA) is 83.6 Å². The second kappa shape index (κ2) is 7.61. The number of ether oxygens (including phenoxy) is 2. The Morgan fingerprint density at radius 1 is 1.42 bits per heavy atom. The molecule has 1 fully saturated rings. The molecule has 1 atom stereocenters. The maximum absolute atomic E-state index is 10.9. The molecule has 1 unspecified atom stereocenters. The van der Waals surface area contributed by atoms with Crippen molar-refractivity contribution in [2.24, 2.45) is 0 Å². The number of amides is 1. The average Bonchev–Trinajstić information content (AvgIpc) is 2.98. The fraction of sp³-hybridized carbons (Fsp3) is 0.438. The summed E-state index contributed by atoms with van der Waals surface area (Å²) in [4.78, 5) is 14.1. The number of aromatic amines is 1. The van der Waals surface area contributed by atoms with Crippen LogP contribution in [0.3, 0.4) is 0 Å². The summed E-state index contributed by atoms with van der Waals surface area (Å²) >= 11 is 12.3. The van der Waals surface area contributed by atoms with Gasteiger partial charge in [-0.3, -0.25) is 5.32 Å². The first kappa shape index (κ1) is 17.4. The molecular weight excluding hydrogens is 355 g/mol. The molecule has 8 heteroatoms. The minimum atomic E-state index is -1.16. The molecule has 0 aliphatic carbocycles. The van der Waals surface area contributed by atoms with Gasteiger partial charge in [-0.05, 0) is 31.4 Å². The van der Waals surface area contributed by atoms with Crippen LogP contribution >= 0.6 is 23.2 Å². The van der Waals surface area contributed by atoms with Crippen LogP contribution in [0.2, 0.25) is 10.0 Å². The number of carboxylic acid groups (broad SMARTS) is 1. The summed E-state index contributed by atoms with van der Waals surface area (Å²) in [7, 11) is 0. The number of hydrogen-bond acceptors (Lipinski definition) is 3. The number of carbonyl (C=O) groups is 1. The molecule has 0 saturated carbocycles. The number of anilines is 1. The average molecular weight is 373 g/mol. The number of nitrogens with one attached hydrogen (secondary N) is 2. The highest BCUT2D eigenvalue weighted by molar-refractivity contribution is 6.45. The van der Waals surface area contributed by atoms with Gasteiger partial charge in [0.1, 0.15) is 0 Å². The largest absolute Gasteiger partial charge is 0.465 e. The second-order valence-electron chi connectivity index (χ2n) is 5.65. The van der Waals surface area contributed by atoms with Gasteiger partial charge in [0.25, 0.3) is 0 Å². The van der Waals surface area contributed by atoms with E-state index in [0.29, 0.717) is 34.6 Å². The Bertz CT molecular complexity index is 741. The van der Waals surface area contributed by atoms with Crippen LogP contribution < -0.4 is 5.32 Å². The number of fused-ring (bicyclic) bond motifs is 1. The molecule has 2 aromatic rings. The van der Waals surface area contributed by atoms with Gasteiger partial charge in [-0.2, -0.15) is 0 Å². The van der Waals surface area contributed by atoms with E-state index in [-0.39, 0.29) is 11.3 Å². The lowest BCUT2D eigenvalue weighted by Gasteiger charge is -2.22. The van der Waals surface area contributed by atoms with E-state index >= 15 is 0 Å². The number of H-pyrrole nitrogens is 1. The van der Waals surface area contributed by atoms with Crippen LogP contribution in [0.15, 0.2) is 12.1 Å². The van der Waals surface area contributed by atoms with Crippen LogP contribution in [0.1, 0.15) is 25.0 Å². The first-order valence-corrected chi connectivity index (χ1v) is 8.53. The molecule has 130 valence electrons. The second-order valence-corrected chi connectivity index (χ2v) is 6.44. The SMILES string of the molecule is O=C(O)Nc1cc(Cl)c(Cl)c2[nH]c(CCOC3CCCCO3)cc12. The highest BCUT2D eigenvalue weighted by Gasteiger charge is 2.16. The normalized spacial score (nSPS) is 18.0. The Balaban J connectivity index is 1.74. The van der Waals surface area contributed by atoms with Gasteiger partial charge in [0, 0.05) is 24.1 Å². The van der Waals surface area contributed by atoms with Crippen molar-refractivity contribution in [3.63, 3.8) is 0 Å². The fourth-order valence-electron chi connectivity index (χ4n) is 2.78. The maximum Gasteiger partial charge on any atom is 0.409 e. The molecular formula is C16H18Cl2N2O4. The Kier molecular flexibility index (Phi) is 5.50. The highest BCUT2D eigenvalue weighted by atomic mass is 35.5. The summed E-state index contributed by atoms with van der Waals surface area (Å²) in [6, 6.07) is 3.36. The summed E-state index contributed by atoms with van der Waals surface area (Å²) in [6.07, 6.45) is 2.46. The molecule has 1 amide bonds. The van der Waals surface area contributed by atoms with Crippen LogP contribution in [0.5, 0.6) is 0 Å². The number of hydrogen-bond donors (Lipinski definition) is 3. The van der Waals surface area contributed by atoms with Gasteiger partial charge < -0.3 is 19.6 Å². The van der Waals surface area contributed by atoms with Crippen LogP contribution in [0.25, 0.3) is 10.9 Å². The third kappa shape index (κ3) is 3.95. The molecule has 2 heterocycles. The van der Waals surface area contributed by atoms with Crippen molar-refractivity contribution >= 4 is 45.9 Å². The van der Waals surface area contributed by atoms with E-state index in [9.17, 15) is 4.79 Å². The highest BCUT2D eigenvalue weighted by Crippen LogP contribution is 2.36. The monoisotopic (exact) mass is 372 g/mol. The zero-order valence-corrected chi connectivity index (χ0v) is 14.4. The molecule has 0 spiro atoms. The molecule has 0 radical (unpaired) electrons. The van der Waals surface area contributed by atoms with Crippen LogP contribution in [-0.2, 0) is 15.9 Å². The lowest BCUT2D eigenvalue weighted by atomic mass is 10.2. The van der Waals surface area contributed by atoms with Gasteiger partial charge >= 0.3 is 6.09 Å². The van der Waals surface area contributed by atoms with Gasteiger partial charge in [0.15, 0.2) is 6.29 Å². The third-order valence-corrected chi connectivity index (χ3v) is 4.71. The quantitative estimate of drug-likeness (QED) is 0.712. The first-order chi connectivity index (χ1) is 11.5. The van der Waals surface area contributed by atoms with Crippen LogP contribution in [0, 0.1) is 0 Å². The standard InChI is InChI=1S/C16H18Cl2N2O4/c17-11-8-12(20-16(21)22)10-7-9(19-15(10)14(11)18)4-6-24-13-3-1-2-5-23-13/h7-8,13,19-20H,1-6H2,(H,21,22). The van der Waals surface area contributed by atoms with Crippen molar-refractivity contribution in [3.8, 4) is 0 Å². The molecule has 24 heavy (non-hydrogen) atoms. The van der Waals surface area contributed by atoms with Gasteiger partial charge in [-0.15, -0.1) is 0 Å². The molecule has 1 aromatic heterocycles. The summed E-state index contributed by atoms with van der Waals surface area (Å²) in [5.41, 5.74) is 1.89. The van der Waals surface area contributed by atoms with Gasteiger partial charge in [-0.1, -0.05) is 23.2 Å². The molecule has 6 nitrogen and oxygen atoms in total. The van der Waals surface area contributed by atoms with Crippen molar-refractivity contribution in [1.82, 2.24) is 4.98 Å². The molecule has 1 aromatic carbocycles. The Morgan fingerprint density at radius 3 is 2.96 bits per heavy atom. The first-order valence-electron chi connectivity index (χ1n) is 7.77. The third-order valence-electron chi connectivity index (χ3n) is 3.92. The van der Waals surface area contributed by atoms with Crippen molar-refractivity contribution < 1.29 is 19.4 Å². The molecule has 0 bridgehead atoms. The molecule has 3 N–H and O–H groups in total. The molecule has 1 saturated heterocycles. The van der Waals surface area contributed by atoms with Gasteiger partial charge in [0.05, 0.1) is 27.9 Å². The number of halogens is 2. The minimum absolute atomic E-state index is 0.134. The van der Waals surface area contributed by atoms with Gasteiger partial charge in [-0.25, -0.2) is 4.79 Å². The summed E-state index contributed by atoms with van der Waals surface area (Å²) in [6.45, 7) is 1.25. The summed E-state index contributed by atoms with van der Waals surface area (Å²) in [5, 5.41) is 12.6. The van der Waals surface area contributed by atoms with E-state index in [0.717, 1.165) is 31.6 Å². The van der Waals surface area contributed by atoms with E-state index in [1.807, 2.05) is 6.07 Å². The Labute approximate surface area is 149 Å². The maximum atomic E-state index is 10.9. The zero-order chi connectivity index (χ0) is 17.1. The van der Waals surface area contributed by atoms with Crippen molar-refractivity contribution in [2.45, 2.75) is 32.0 Å². The smallest absolute Gasteiger partial charge is 0.409 e. The Morgan fingerprint density at radius 2 is 2.25 bits per heavy atom. The van der Waals surface area contributed by atoms with Crippen LogP contribution in [0.4, 0.5) is 10.5 Å². The zero-order valence-electron chi connectivity index (χ0n) is 12.9. The van der Waals surface area contributed by atoms with E-state index in [2.05, 4.69) is 10.3 Å². The summed E-state index contributed by atoms with van der Waals surface area (Å²) in [5.74, 6) is 0.